The molecule has 0 aliphatic heterocycles. The predicted octanol–water partition coefficient (Wildman–Crippen LogP) is 4.47. The Bertz CT molecular complexity index is 1330. The molecule has 0 aliphatic rings. The van der Waals surface area contributed by atoms with Crippen molar-refractivity contribution in [3.8, 4) is 5.69 Å². The number of fused-ring (bicyclic) bond motifs is 4. The Balaban J connectivity index is 2.08. The van der Waals surface area contributed by atoms with Gasteiger partial charge in [0.2, 0.25) is 0 Å². The van der Waals surface area contributed by atoms with Crippen LogP contribution in [0, 0.1) is 13.8 Å². The Morgan fingerprint density at radius 1 is 1.00 bits per heavy atom. The highest BCUT2D eigenvalue weighted by atomic mass is 32.1. The molecule has 4 nitrogen and oxygen atoms in total. The third-order valence-corrected chi connectivity index (χ3v) is 5.72. The summed E-state index contributed by atoms with van der Waals surface area (Å²) in [7, 11) is 0. The van der Waals surface area contributed by atoms with E-state index in [2.05, 4.69) is 0 Å². The molecule has 0 bridgehead atoms. The molecule has 0 N–H and O–H groups in total. The second-order valence-corrected chi connectivity index (χ2v) is 7.15. The summed E-state index contributed by atoms with van der Waals surface area (Å²) in [4.78, 5) is 18.2. The highest BCUT2D eigenvalue weighted by Gasteiger charge is 2.18. The minimum Gasteiger partial charge on any atom is -0.267 e. The minimum atomic E-state index is -0.0321. The van der Waals surface area contributed by atoms with E-state index in [0.29, 0.717) is 5.39 Å². The smallest absolute Gasteiger partial charge is 0.267 e. The minimum absolute atomic E-state index is 0.0321. The van der Waals surface area contributed by atoms with Crippen molar-refractivity contribution in [3.05, 3.63) is 75.4 Å². The van der Waals surface area contributed by atoms with E-state index in [-0.39, 0.29) is 5.56 Å². The van der Waals surface area contributed by atoms with Gasteiger partial charge in [-0.2, -0.15) is 4.52 Å². The first kappa shape index (κ1) is 14.4. The van der Waals surface area contributed by atoms with Crippen molar-refractivity contribution >= 4 is 38.1 Å². The Morgan fingerprint density at radius 3 is 2.60 bits per heavy atom. The molecule has 0 saturated carbocycles. The molecule has 3 aromatic heterocycles. The van der Waals surface area contributed by atoms with Crippen molar-refractivity contribution in [3.63, 3.8) is 0 Å². The largest absolute Gasteiger partial charge is 0.281 e. The van der Waals surface area contributed by atoms with Crippen LogP contribution in [0.1, 0.15) is 11.1 Å². The summed E-state index contributed by atoms with van der Waals surface area (Å²) in [6.07, 6.45) is 0. The Kier molecular flexibility index (Phi) is 2.91. The monoisotopic (exact) mass is 345 g/mol. The number of thiophene rings is 1. The lowest BCUT2D eigenvalue weighted by Gasteiger charge is -2.09. The first-order valence-corrected chi connectivity index (χ1v) is 9.01. The summed E-state index contributed by atoms with van der Waals surface area (Å²) >= 11 is 1.62. The van der Waals surface area contributed by atoms with Crippen molar-refractivity contribution < 1.29 is 0 Å². The zero-order chi connectivity index (χ0) is 17.1. The molecule has 5 heteroatoms. The molecule has 5 aromatic rings. The summed E-state index contributed by atoms with van der Waals surface area (Å²) in [6.45, 7) is 4.08. The maximum atomic E-state index is 13.3. The maximum Gasteiger partial charge on any atom is 0.281 e. The highest BCUT2D eigenvalue weighted by Crippen LogP contribution is 2.30. The van der Waals surface area contributed by atoms with Crippen molar-refractivity contribution in [2.45, 2.75) is 13.8 Å². The Labute approximate surface area is 147 Å². The van der Waals surface area contributed by atoms with Crippen LogP contribution in [0.5, 0.6) is 0 Å². The number of rotatable bonds is 1. The van der Waals surface area contributed by atoms with E-state index in [9.17, 15) is 4.79 Å². The fraction of sp³-hybridized carbons (Fsp3) is 0.100. The van der Waals surface area contributed by atoms with Crippen LogP contribution >= 0.6 is 11.3 Å². The fourth-order valence-electron chi connectivity index (χ4n) is 3.38. The standard InChI is InChI=1S/C20H15N3OS/c1-12-8-9-15-17(13(12)2)21-19-18-16(10-11-25-18)22(23(19)20(15)24)14-6-4-3-5-7-14/h3-11H,1-2H3. The molecule has 0 saturated heterocycles. The second kappa shape index (κ2) is 5.04. The van der Waals surface area contributed by atoms with E-state index < -0.39 is 0 Å². The fourth-order valence-corrected chi connectivity index (χ4v) is 4.23. The molecular weight excluding hydrogens is 330 g/mol. The van der Waals surface area contributed by atoms with Crippen LogP contribution in [-0.2, 0) is 0 Å². The third-order valence-electron chi connectivity index (χ3n) is 4.82. The van der Waals surface area contributed by atoms with Crippen molar-refractivity contribution in [2.75, 3.05) is 0 Å². The Morgan fingerprint density at radius 2 is 1.80 bits per heavy atom. The number of para-hydroxylation sites is 1. The van der Waals surface area contributed by atoms with E-state index in [4.69, 9.17) is 4.98 Å². The van der Waals surface area contributed by atoms with Gasteiger partial charge in [-0.05, 0) is 54.6 Å². The molecular formula is C20H15N3OS. The van der Waals surface area contributed by atoms with Crippen LogP contribution in [-0.4, -0.2) is 14.2 Å². The van der Waals surface area contributed by atoms with E-state index in [0.717, 1.165) is 38.2 Å². The molecule has 0 unspecified atom stereocenters. The molecule has 0 aliphatic carbocycles. The van der Waals surface area contributed by atoms with Gasteiger partial charge < -0.3 is 0 Å². The summed E-state index contributed by atoms with van der Waals surface area (Å²) in [6, 6.07) is 15.9. The van der Waals surface area contributed by atoms with Gasteiger partial charge in [0.1, 0.15) is 0 Å². The van der Waals surface area contributed by atoms with Crippen LogP contribution in [0.15, 0.2) is 58.7 Å². The van der Waals surface area contributed by atoms with Gasteiger partial charge in [-0.3, -0.25) is 4.79 Å². The van der Waals surface area contributed by atoms with Crippen molar-refractivity contribution in [2.24, 2.45) is 0 Å². The summed E-state index contributed by atoms with van der Waals surface area (Å²) in [5.41, 5.74) is 5.65. The zero-order valence-corrected chi connectivity index (χ0v) is 14.7. The van der Waals surface area contributed by atoms with Crippen LogP contribution < -0.4 is 5.56 Å². The van der Waals surface area contributed by atoms with Gasteiger partial charge in [0.15, 0.2) is 5.65 Å². The number of aryl methyl sites for hydroxylation is 2. The topological polar surface area (TPSA) is 39.3 Å². The average Bonchev–Trinajstić information content (AvgIpc) is 3.21. The molecule has 0 fully saturated rings. The molecule has 3 heterocycles. The van der Waals surface area contributed by atoms with Crippen LogP contribution in [0.4, 0.5) is 0 Å². The lowest BCUT2D eigenvalue weighted by atomic mass is 10.1. The van der Waals surface area contributed by atoms with Gasteiger partial charge in [0.05, 0.1) is 26.8 Å². The number of benzene rings is 2. The van der Waals surface area contributed by atoms with E-state index in [1.54, 1.807) is 15.9 Å². The van der Waals surface area contributed by atoms with Crippen molar-refractivity contribution in [1.82, 2.24) is 14.2 Å². The first-order chi connectivity index (χ1) is 12.2. The number of hydrogen-bond acceptors (Lipinski definition) is 3. The number of hydrogen-bond donors (Lipinski definition) is 0. The maximum absolute atomic E-state index is 13.3. The average molecular weight is 345 g/mol. The third kappa shape index (κ3) is 1.87. The van der Waals surface area contributed by atoms with Gasteiger partial charge in [-0.1, -0.05) is 24.3 Å². The molecule has 122 valence electrons. The van der Waals surface area contributed by atoms with E-state index in [1.165, 1.54) is 0 Å². The Hall–Kier alpha value is -2.92. The van der Waals surface area contributed by atoms with Gasteiger partial charge in [0.25, 0.3) is 5.56 Å². The normalized spacial score (nSPS) is 11.8. The van der Waals surface area contributed by atoms with Gasteiger partial charge in [-0.15, -0.1) is 11.3 Å². The summed E-state index contributed by atoms with van der Waals surface area (Å²) in [5.74, 6) is 0. The number of nitrogens with zero attached hydrogens (tertiary/aromatic N) is 3. The van der Waals surface area contributed by atoms with E-state index >= 15 is 0 Å². The SMILES string of the molecule is Cc1ccc2c(=O)n3c(nc2c1C)c1sccc1n3-c1ccccc1. The van der Waals surface area contributed by atoms with Crippen molar-refractivity contribution in [1.29, 1.82) is 0 Å². The molecule has 25 heavy (non-hydrogen) atoms. The highest BCUT2D eigenvalue weighted by molar-refractivity contribution is 7.18. The molecule has 0 radical (unpaired) electrons. The van der Waals surface area contributed by atoms with Gasteiger partial charge >= 0.3 is 0 Å². The molecule has 0 atom stereocenters. The molecule has 0 amide bonds. The van der Waals surface area contributed by atoms with Crippen LogP contribution in [0.25, 0.3) is 32.5 Å². The molecule has 2 aromatic carbocycles. The number of aromatic nitrogens is 3. The van der Waals surface area contributed by atoms with E-state index in [1.807, 2.05) is 72.4 Å². The lowest BCUT2D eigenvalue weighted by Crippen LogP contribution is -2.21. The quantitative estimate of drug-likeness (QED) is 0.450. The lowest BCUT2D eigenvalue weighted by molar-refractivity contribution is 0.794. The summed E-state index contributed by atoms with van der Waals surface area (Å²) < 4.78 is 4.70. The summed E-state index contributed by atoms with van der Waals surface area (Å²) in [5, 5.41) is 2.70. The van der Waals surface area contributed by atoms with Crippen LogP contribution in [0.2, 0.25) is 0 Å². The molecule has 5 rings (SSSR count). The second-order valence-electron chi connectivity index (χ2n) is 6.24. The molecule has 0 spiro atoms. The zero-order valence-electron chi connectivity index (χ0n) is 13.9. The van der Waals surface area contributed by atoms with Gasteiger partial charge in [-0.25, -0.2) is 9.67 Å². The van der Waals surface area contributed by atoms with Crippen LogP contribution in [0.3, 0.4) is 0 Å². The van der Waals surface area contributed by atoms with Gasteiger partial charge in [0, 0.05) is 0 Å². The predicted molar refractivity (Wildman–Crippen MR) is 103 cm³/mol. The first-order valence-electron chi connectivity index (χ1n) is 8.13.